The summed E-state index contributed by atoms with van der Waals surface area (Å²) >= 11 is 3.47. The minimum Gasteiger partial charge on any atom is -0.381 e. The zero-order valence-corrected chi connectivity index (χ0v) is 11.9. The molecule has 2 aliphatic rings. The zero-order chi connectivity index (χ0) is 11.6. The van der Waals surface area contributed by atoms with Gasteiger partial charge in [-0.3, -0.25) is 0 Å². The molecule has 5 heteroatoms. The molecule has 0 spiro atoms. The van der Waals surface area contributed by atoms with Gasteiger partial charge in [0.2, 0.25) is 0 Å². The van der Waals surface area contributed by atoms with Gasteiger partial charge < -0.3 is 4.74 Å². The van der Waals surface area contributed by atoms with E-state index in [-0.39, 0.29) is 10.7 Å². The first-order valence-corrected chi connectivity index (χ1v) is 8.77. The average Bonchev–Trinajstić information content (AvgIpc) is 2.25. The molecule has 2 rings (SSSR count). The van der Waals surface area contributed by atoms with E-state index in [1.165, 1.54) is 6.42 Å². The van der Waals surface area contributed by atoms with E-state index in [2.05, 4.69) is 15.9 Å². The van der Waals surface area contributed by atoms with Crippen LogP contribution in [0.25, 0.3) is 0 Å². The Morgan fingerprint density at radius 2 is 1.88 bits per heavy atom. The third-order valence-corrected chi connectivity index (χ3v) is 7.57. The van der Waals surface area contributed by atoms with E-state index < -0.39 is 9.84 Å². The molecule has 1 saturated carbocycles. The molecule has 0 amide bonds. The summed E-state index contributed by atoms with van der Waals surface area (Å²) in [7, 11) is -2.92. The van der Waals surface area contributed by atoms with E-state index in [9.17, 15) is 8.42 Å². The maximum atomic E-state index is 12.3. The van der Waals surface area contributed by atoms with Crippen molar-refractivity contribution in [3.8, 4) is 0 Å². The van der Waals surface area contributed by atoms with Gasteiger partial charge in [0.1, 0.15) is 0 Å². The molecule has 2 fully saturated rings. The molecule has 0 atom stereocenters. The fourth-order valence-corrected chi connectivity index (χ4v) is 5.99. The maximum absolute atomic E-state index is 12.3. The highest BCUT2D eigenvalue weighted by molar-refractivity contribution is 9.09. The summed E-state index contributed by atoms with van der Waals surface area (Å²) in [5, 5.41) is 0.667. The van der Waals surface area contributed by atoms with Crippen molar-refractivity contribution in [2.24, 2.45) is 5.41 Å². The molecule has 0 aromatic carbocycles. The lowest BCUT2D eigenvalue weighted by Gasteiger charge is -2.41. The van der Waals surface area contributed by atoms with Crippen LogP contribution in [0.4, 0.5) is 0 Å². The average molecular weight is 311 g/mol. The molecule has 94 valence electrons. The largest absolute Gasteiger partial charge is 0.381 e. The molecule has 3 nitrogen and oxygen atoms in total. The Labute approximate surface area is 106 Å². The first-order chi connectivity index (χ1) is 7.58. The monoisotopic (exact) mass is 310 g/mol. The van der Waals surface area contributed by atoms with Crippen molar-refractivity contribution in [1.29, 1.82) is 0 Å². The van der Waals surface area contributed by atoms with E-state index in [1.54, 1.807) is 0 Å². The topological polar surface area (TPSA) is 43.4 Å². The summed E-state index contributed by atoms with van der Waals surface area (Å²) < 4.78 is 29.8. The van der Waals surface area contributed by atoms with Gasteiger partial charge in [-0.25, -0.2) is 8.42 Å². The van der Waals surface area contributed by atoms with E-state index in [0.717, 1.165) is 18.2 Å². The molecule has 1 aliphatic heterocycles. The zero-order valence-electron chi connectivity index (χ0n) is 9.45. The van der Waals surface area contributed by atoms with Crippen LogP contribution in [0.1, 0.15) is 32.1 Å². The predicted molar refractivity (Wildman–Crippen MR) is 67.7 cm³/mol. The van der Waals surface area contributed by atoms with Crippen LogP contribution in [0.15, 0.2) is 0 Å². The number of rotatable bonds is 4. The van der Waals surface area contributed by atoms with Crippen molar-refractivity contribution >= 4 is 25.8 Å². The lowest BCUT2D eigenvalue weighted by atomic mass is 9.72. The fourth-order valence-electron chi connectivity index (χ4n) is 2.57. The Kier molecular flexibility index (Phi) is 3.97. The number of hydrogen-bond acceptors (Lipinski definition) is 3. The lowest BCUT2D eigenvalue weighted by molar-refractivity contribution is 0.0978. The second-order valence-electron chi connectivity index (χ2n) is 5.11. The van der Waals surface area contributed by atoms with Gasteiger partial charge in [-0.15, -0.1) is 0 Å². The molecule has 1 saturated heterocycles. The lowest BCUT2D eigenvalue weighted by Crippen LogP contribution is -2.42. The number of halogens is 1. The van der Waals surface area contributed by atoms with Gasteiger partial charge in [-0.05, 0) is 31.1 Å². The van der Waals surface area contributed by atoms with Gasteiger partial charge in [0.05, 0.1) is 11.0 Å². The highest BCUT2D eigenvalue weighted by atomic mass is 79.9. The highest BCUT2D eigenvalue weighted by Gasteiger charge is 2.42. The van der Waals surface area contributed by atoms with E-state index in [4.69, 9.17) is 4.74 Å². The first-order valence-electron chi connectivity index (χ1n) is 5.93. The molecule has 0 bridgehead atoms. The molecular weight excluding hydrogens is 292 g/mol. The standard InChI is InChI=1S/C11H19BrO3S/c12-8-11(4-1-5-11)9-16(13,14)10-2-6-15-7-3-10/h10H,1-9H2. The molecule has 0 unspecified atom stereocenters. The Morgan fingerprint density at radius 1 is 1.25 bits per heavy atom. The van der Waals surface area contributed by atoms with Crippen molar-refractivity contribution in [1.82, 2.24) is 0 Å². The van der Waals surface area contributed by atoms with Crippen LogP contribution in [-0.4, -0.2) is 38.0 Å². The van der Waals surface area contributed by atoms with Gasteiger partial charge in [0.25, 0.3) is 0 Å². The van der Waals surface area contributed by atoms with Crippen LogP contribution in [0.2, 0.25) is 0 Å². The molecule has 16 heavy (non-hydrogen) atoms. The minimum atomic E-state index is -2.92. The normalized spacial score (nSPS) is 26.3. The summed E-state index contributed by atoms with van der Waals surface area (Å²) in [6, 6.07) is 0. The van der Waals surface area contributed by atoms with E-state index >= 15 is 0 Å². The van der Waals surface area contributed by atoms with Gasteiger partial charge >= 0.3 is 0 Å². The third-order valence-electron chi connectivity index (χ3n) is 3.88. The summed E-state index contributed by atoms with van der Waals surface area (Å²) in [6.45, 7) is 1.20. The summed E-state index contributed by atoms with van der Waals surface area (Å²) in [4.78, 5) is 0. The third kappa shape index (κ3) is 2.62. The van der Waals surface area contributed by atoms with Crippen LogP contribution in [-0.2, 0) is 14.6 Å². The molecule has 0 N–H and O–H groups in total. The maximum Gasteiger partial charge on any atom is 0.153 e. The van der Waals surface area contributed by atoms with Gasteiger partial charge in [-0.1, -0.05) is 22.4 Å². The smallest absolute Gasteiger partial charge is 0.153 e. The quantitative estimate of drug-likeness (QED) is 0.747. The van der Waals surface area contributed by atoms with Gasteiger partial charge in [0, 0.05) is 18.5 Å². The van der Waals surface area contributed by atoms with Gasteiger partial charge in [0.15, 0.2) is 9.84 Å². The molecule has 1 aliphatic carbocycles. The summed E-state index contributed by atoms with van der Waals surface area (Å²) in [6.07, 6.45) is 4.65. The number of hydrogen-bond donors (Lipinski definition) is 0. The molecule has 0 aromatic heterocycles. The van der Waals surface area contributed by atoms with Crippen molar-refractivity contribution in [2.45, 2.75) is 37.4 Å². The Bertz CT molecular complexity index is 324. The van der Waals surface area contributed by atoms with Crippen LogP contribution >= 0.6 is 15.9 Å². The first kappa shape index (κ1) is 12.8. The molecular formula is C11H19BrO3S. The number of alkyl halides is 1. The van der Waals surface area contributed by atoms with Crippen LogP contribution in [0, 0.1) is 5.41 Å². The summed E-state index contributed by atoms with van der Waals surface area (Å²) in [5.41, 5.74) is 0.0388. The van der Waals surface area contributed by atoms with Crippen molar-refractivity contribution in [3.63, 3.8) is 0 Å². The van der Waals surface area contributed by atoms with Crippen molar-refractivity contribution < 1.29 is 13.2 Å². The highest BCUT2D eigenvalue weighted by Crippen LogP contribution is 2.44. The Morgan fingerprint density at radius 3 is 2.31 bits per heavy atom. The molecule has 0 aromatic rings. The SMILES string of the molecule is O=S(=O)(CC1(CBr)CCC1)C1CCOCC1. The summed E-state index contributed by atoms with van der Waals surface area (Å²) in [5.74, 6) is 0.371. The second-order valence-corrected chi connectivity index (χ2v) is 7.95. The van der Waals surface area contributed by atoms with Crippen LogP contribution in [0.3, 0.4) is 0 Å². The Hall–Kier alpha value is 0.390. The predicted octanol–water partition coefficient (Wildman–Crippen LogP) is 2.15. The Balaban J connectivity index is 2.01. The molecule has 0 radical (unpaired) electrons. The van der Waals surface area contributed by atoms with Gasteiger partial charge in [-0.2, -0.15) is 0 Å². The van der Waals surface area contributed by atoms with Crippen LogP contribution < -0.4 is 0 Å². The number of ether oxygens (including phenoxy) is 1. The number of sulfone groups is 1. The molecule has 1 heterocycles. The second kappa shape index (κ2) is 4.94. The van der Waals surface area contributed by atoms with E-state index in [1.807, 2.05) is 0 Å². The van der Waals surface area contributed by atoms with Crippen LogP contribution in [0.5, 0.6) is 0 Å². The van der Waals surface area contributed by atoms with Crippen molar-refractivity contribution in [2.75, 3.05) is 24.3 Å². The van der Waals surface area contributed by atoms with Crippen molar-refractivity contribution in [3.05, 3.63) is 0 Å². The van der Waals surface area contributed by atoms with E-state index in [0.29, 0.717) is 31.8 Å². The minimum absolute atomic E-state index is 0.0388. The fraction of sp³-hybridized carbons (Fsp3) is 1.00.